The van der Waals surface area contributed by atoms with E-state index < -0.39 is 0 Å². The quantitative estimate of drug-likeness (QED) is 0.624. The molecule has 0 saturated carbocycles. The Bertz CT molecular complexity index is 819. The first-order valence-electron chi connectivity index (χ1n) is 8.83. The second-order valence-electron chi connectivity index (χ2n) is 5.96. The molecule has 2 N–H and O–H groups in total. The van der Waals surface area contributed by atoms with Gasteiger partial charge < -0.3 is 15.4 Å². The number of nitrogens with zero attached hydrogens (tertiary/aromatic N) is 2. The largest absolute Gasteiger partial charge is 0.497 e. The number of hydrogen-bond acceptors (Lipinski definition) is 5. The number of hydrogen-bond donors (Lipinski definition) is 2. The number of ether oxygens (including phenoxy) is 1. The molecule has 3 rings (SSSR count). The van der Waals surface area contributed by atoms with Crippen LogP contribution in [0.25, 0.3) is 11.3 Å². The lowest BCUT2D eigenvalue weighted by Crippen LogP contribution is -2.08. The monoisotopic (exact) mass is 348 g/mol. The van der Waals surface area contributed by atoms with Gasteiger partial charge in [0.1, 0.15) is 11.6 Å². The van der Waals surface area contributed by atoms with Gasteiger partial charge in [-0.2, -0.15) is 4.98 Å². The van der Waals surface area contributed by atoms with Crippen molar-refractivity contribution in [2.45, 2.75) is 19.9 Å². The standard InChI is InChI=1S/C21H24N4O/c1-3-13-22-21-24-19(17-7-5-4-6-8-17)14-20(25-21)23-15-16-9-11-18(26-2)12-10-16/h4-12,14H,3,13,15H2,1-2H3,(H2,22,23,24,25). The molecule has 0 aliphatic carbocycles. The van der Waals surface area contributed by atoms with Crippen molar-refractivity contribution in [1.29, 1.82) is 0 Å². The summed E-state index contributed by atoms with van der Waals surface area (Å²) in [5, 5.41) is 6.67. The minimum Gasteiger partial charge on any atom is -0.497 e. The molecule has 0 fully saturated rings. The minimum absolute atomic E-state index is 0.644. The maximum atomic E-state index is 5.20. The van der Waals surface area contributed by atoms with E-state index in [0.717, 1.165) is 41.4 Å². The summed E-state index contributed by atoms with van der Waals surface area (Å²) in [6.07, 6.45) is 1.02. The topological polar surface area (TPSA) is 59.1 Å². The first-order valence-corrected chi connectivity index (χ1v) is 8.83. The minimum atomic E-state index is 0.644. The summed E-state index contributed by atoms with van der Waals surface area (Å²) in [4.78, 5) is 9.23. The second kappa shape index (κ2) is 8.85. The van der Waals surface area contributed by atoms with E-state index in [1.807, 2.05) is 48.5 Å². The third-order valence-electron chi connectivity index (χ3n) is 3.96. The van der Waals surface area contributed by atoms with Gasteiger partial charge in [-0.15, -0.1) is 0 Å². The van der Waals surface area contributed by atoms with Crippen LogP contribution in [-0.4, -0.2) is 23.6 Å². The normalized spacial score (nSPS) is 10.4. The number of nitrogens with one attached hydrogen (secondary N) is 2. The summed E-state index contributed by atoms with van der Waals surface area (Å²) in [5.74, 6) is 2.30. The average Bonchev–Trinajstić information content (AvgIpc) is 2.71. The van der Waals surface area contributed by atoms with Crippen molar-refractivity contribution in [2.24, 2.45) is 0 Å². The van der Waals surface area contributed by atoms with Crippen LogP contribution in [0.5, 0.6) is 5.75 Å². The molecule has 1 heterocycles. The summed E-state index contributed by atoms with van der Waals surface area (Å²) in [6.45, 7) is 3.65. The molecule has 1 aromatic heterocycles. The Morgan fingerprint density at radius 2 is 1.69 bits per heavy atom. The van der Waals surface area contributed by atoms with Crippen molar-refractivity contribution < 1.29 is 4.74 Å². The summed E-state index contributed by atoms with van der Waals surface area (Å²) < 4.78 is 5.20. The summed E-state index contributed by atoms with van der Waals surface area (Å²) in [6, 6.07) is 20.1. The molecule has 0 saturated heterocycles. The molecular formula is C21H24N4O. The molecule has 5 heteroatoms. The number of methoxy groups -OCH3 is 1. The molecule has 2 aromatic carbocycles. The Balaban J connectivity index is 1.80. The zero-order chi connectivity index (χ0) is 18.2. The van der Waals surface area contributed by atoms with Crippen molar-refractivity contribution in [3.05, 3.63) is 66.2 Å². The highest BCUT2D eigenvalue weighted by Gasteiger charge is 2.06. The fourth-order valence-electron chi connectivity index (χ4n) is 2.55. The Morgan fingerprint density at radius 3 is 2.38 bits per heavy atom. The average molecular weight is 348 g/mol. The van der Waals surface area contributed by atoms with Gasteiger partial charge >= 0.3 is 0 Å². The van der Waals surface area contributed by atoms with Crippen LogP contribution in [0.15, 0.2) is 60.7 Å². The Kier molecular flexibility index (Phi) is 6.04. The van der Waals surface area contributed by atoms with E-state index in [9.17, 15) is 0 Å². The van der Waals surface area contributed by atoms with Gasteiger partial charge in [0, 0.05) is 24.7 Å². The van der Waals surface area contributed by atoms with Crippen molar-refractivity contribution in [1.82, 2.24) is 9.97 Å². The van der Waals surface area contributed by atoms with Gasteiger partial charge in [0.15, 0.2) is 0 Å². The van der Waals surface area contributed by atoms with Crippen LogP contribution in [0.4, 0.5) is 11.8 Å². The first-order chi connectivity index (χ1) is 12.8. The smallest absolute Gasteiger partial charge is 0.225 e. The summed E-state index contributed by atoms with van der Waals surface area (Å²) in [5.41, 5.74) is 3.13. The molecule has 0 spiro atoms. The fraction of sp³-hybridized carbons (Fsp3) is 0.238. The molecule has 134 valence electrons. The van der Waals surface area contributed by atoms with Crippen LogP contribution < -0.4 is 15.4 Å². The molecular weight excluding hydrogens is 324 g/mol. The van der Waals surface area contributed by atoms with Gasteiger partial charge in [-0.05, 0) is 24.1 Å². The molecule has 0 bridgehead atoms. The lowest BCUT2D eigenvalue weighted by Gasteiger charge is -2.11. The Morgan fingerprint density at radius 1 is 0.923 bits per heavy atom. The van der Waals surface area contributed by atoms with Gasteiger partial charge in [-0.25, -0.2) is 4.98 Å². The summed E-state index contributed by atoms with van der Waals surface area (Å²) >= 11 is 0. The van der Waals surface area contributed by atoms with E-state index in [1.165, 1.54) is 0 Å². The third-order valence-corrected chi connectivity index (χ3v) is 3.96. The SMILES string of the molecule is CCCNc1nc(NCc2ccc(OC)cc2)cc(-c2ccccc2)n1. The summed E-state index contributed by atoms with van der Waals surface area (Å²) in [7, 11) is 1.67. The predicted molar refractivity (Wildman–Crippen MR) is 107 cm³/mol. The highest BCUT2D eigenvalue weighted by Crippen LogP contribution is 2.22. The first kappa shape index (κ1) is 17.7. The molecule has 0 amide bonds. The lowest BCUT2D eigenvalue weighted by atomic mass is 10.1. The molecule has 0 aliphatic heterocycles. The zero-order valence-electron chi connectivity index (χ0n) is 15.2. The maximum Gasteiger partial charge on any atom is 0.225 e. The van der Waals surface area contributed by atoms with Crippen molar-refractivity contribution in [3.63, 3.8) is 0 Å². The van der Waals surface area contributed by atoms with Gasteiger partial charge in [0.2, 0.25) is 5.95 Å². The fourth-order valence-corrected chi connectivity index (χ4v) is 2.55. The van der Waals surface area contributed by atoms with Gasteiger partial charge in [0.25, 0.3) is 0 Å². The highest BCUT2D eigenvalue weighted by molar-refractivity contribution is 5.64. The van der Waals surface area contributed by atoms with Crippen molar-refractivity contribution in [2.75, 3.05) is 24.3 Å². The van der Waals surface area contributed by atoms with Crippen LogP contribution in [0.2, 0.25) is 0 Å². The number of anilines is 2. The predicted octanol–water partition coefficient (Wildman–Crippen LogP) is 4.59. The molecule has 0 unspecified atom stereocenters. The van der Waals surface area contributed by atoms with E-state index in [4.69, 9.17) is 4.74 Å². The number of aromatic nitrogens is 2. The number of benzene rings is 2. The molecule has 0 radical (unpaired) electrons. The van der Waals surface area contributed by atoms with Crippen molar-refractivity contribution >= 4 is 11.8 Å². The zero-order valence-corrected chi connectivity index (χ0v) is 15.2. The van der Waals surface area contributed by atoms with Crippen LogP contribution in [0.3, 0.4) is 0 Å². The molecule has 0 atom stereocenters. The van der Waals surface area contributed by atoms with Crippen LogP contribution in [0.1, 0.15) is 18.9 Å². The van der Waals surface area contributed by atoms with Crippen molar-refractivity contribution in [3.8, 4) is 17.0 Å². The van der Waals surface area contributed by atoms with E-state index in [2.05, 4.69) is 39.7 Å². The number of rotatable bonds is 8. The van der Waals surface area contributed by atoms with Crippen LogP contribution in [-0.2, 0) is 6.54 Å². The second-order valence-corrected chi connectivity index (χ2v) is 5.96. The Labute approximate surface area is 154 Å². The maximum absolute atomic E-state index is 5.20. The van der Waals surface area contributed by atoms with E-state index in [0.29, 0.717) is 12.5 Å². The van der Waals surface area contributed by atoms with Crippen LogP contribution in [0, 0.1) is 0 Å². The lowest BCUT2D eigenvalue weighted by molar-refractivity contribution is 0.414. The molecule has 3 aromatic rings. The van der Waals surface area contributed by atoms with Crippen LogP contribution >= 0.6 is 0 Å². The Hall–Kier alpha value is -3.08. The van der Waals surface area contributed by atoms with Gasteiger partial charge in [0.05, 0.1) is 12.8 Å². The van der Waals surface area contributed by atoms with E-state index in [1.54, 1.807) is 7.11 Å². The highest BCUT2D eigenvalue weighted by atomic mass is 16.5. The molecule has 5 nitrogen and oxygen atoms in total. The van der Waals surface area contributed by atoms with E-state index >= 15 is 0 Å². The third kappa shape index (κ3) is 4.72. The van der Waals surface area contributed by atoms with E-state index in [-0.39, 0.29) is 0 Å². The van der Waals surface area contributed by atoms with Gasteiger partial charge in [-0.3, -0.25) is 0 Å². The van der Waals surface area contributed by atoms with Gasteiger partial charge in [-0.1, -0.05) is 49.4 Å². The molecule has 0 aliphatic rings. The molecule has 26 heavy (non-hydrogen) atoms.